The summed E-state index contributed by atoms with van der Waals surface area (Å²) in [5, 5.41) is 10.7. The lowest BCUT2D eigenvalue weighted by molar-refractivity contribution is -0.305. The Morgan fingerprint density at radius 2 is 1.52 bits per heavy atom. The van der Waals surface area contributed by atoms with E-state index in [4.69, 9.17) is 42.6 Å². The van der Waals surface area contributed by atoms with Gasteiger partial charge in [-0.05, 0) is 65.2 Å². The molecule has 60 heavy (non-hydrogen) atoms. The van der Waals surface area contributed by atoms with Gasteiger partial charge in [-0.2, -0.15) is 0 Å². The van der Waals surface area contributed by atoms with Crippen molar-refractivity contribution < 1.29 is 76.5 Å². The topological polar surface area (TPSA) is 206 Å². The first-order chi connectivity index (χ1) is 27.9. The predicted octanol–water partition coefficient (Wildman–Crippen LogP) is 4.80. The molecule has 0 bridgehead atoms. The van der Waals surface area contributed by atoms with Gasteiger partial charge in [0.2, 0.25) is 0 Å². The maximum absolute atomic E-state index is 14.7. The van der Waals surface area contributed by atoms with E-state index in [1.54, 1.807) is 41.5 Å². The van der Waals surface area contributed by atoms with Crippen LogP contribution in [-0.4, -0.2) is 129 Å². The summed E-state index contributed by atoms with van der Waals surface area (Å²) >= 11 is 0. The minimum Gasteiger partial charge on any atom is -0.461 e. The Kier molecular flexibility index (Phi) is 21.4. The van der Waals surface area contributed by atoms with Crippen molar-refractivity contribution in [1.29, 1.82) is 0 Å². The van der Waals surface area contributed by atoms with Gasteiger partial charge in [0.15, 0.2) is 24.0 Å². The number of aliphatic hydroxyl groups excluding tert-OH is 1. The number of aliphatic hydroxyl groups is 1. The molecule has 2 saturated heterocycles. The molecule has 2 aliphatic rings. The highest BCUT2D eigenvalue weighted by Crippen LogP contribution is 2.38. The van der Waals surface area contributed by atoms with Crippen molar-refractivity contribution in [2.45, 2.75) is 183 Å². The number of methoxy groups -OCH3 is 2. The number of ketones is 2. The summed E-state index contributed by atoms with van der Waals surface area (Å²) in [6.45, 7) is 21.5. The van der Waals surface area contributed by atoms with Gasteiger partial charge >= 0.3 is 17.9 Å². The summed E-state index contributed by atoms with van der Waals surface area (Å²) in [7, 11) is 2.88. The fourth-order valence-corrected chi connectivity index (χ4v) is 8.69. The number of hydrogen-bond donors (Lipinski definition) is 1. The fraction of sp³-hybridized carbons (Fsp3) is 0.864. The number of cyclic esters (lactones) is 1. The van der Waals surface area contributed by atoms with Crippen LogP contribution in [0.5, 0.6) is 0 Å². The van der Waals surface area contributed by atoms with Crippen molar-refractivity contribution in [3.8, 4) is 0 Å². The summed E-state index contributed by atoms with van der Waals surface area (Å²) in [6.07, 6.45) is -8.66. The van der Waals surface area contributed by atoms with Gasteiger partial charge in [-0.3, -0.25) is 24.0 Å². The molecule has 16 heteroatoms. The highest BCUT2D eigenvalue weighted by atomic mass is 16.7. The number of esters is 3. The quantitative estimate of drug-likeness (QED) is 0.0902. The monoisotopic (exact) mass is 858 g/mol. The van der Waals surface area contributed by atoms with Gasteiger partial charge in [0.1, 0.15) is 48.7 Å². The first kappa shape index (κ1) is 53.3. The molecule has 0 aromatic heterocycles. The molecule has 2 aliphatic heterocycles. The molecule has 346 valence electrons. The van der Waals surface area contributed by atoms with Gasteiger partial charge in [0.05, 0.1) is 37.1 Å². The van der Waals surface area contributed by atoms with Crippen LogP contribution in [0.3, 0.4) is 0 Å². The van der Waals surface area contributed by atoms with Gasteiger partial charge in [0.25, 0.3) is 0 Å². The molecule has 0 aliphatic carbocycles. The van der Waals surface area contributed by atoms with E-state index in [-0.39, 0.29) is 43.5 Å². The Hall–Kier alpha value is -2.86. The average molecular weight is 859 g/mol. The minimum absolute atomic E-state index is 0.0494. The predicted molar refractivity (Wildman–Crippen MR) is 217 cm³/mol. The molecular weight excluding hydrogens is 784 g/mol. The second-order valence-electron chi connectivity index (χ2n) is 17.9. The van der Waals surface area contributed by atoms with E-state index in [2.05, 4.69) is 0 Å². The number of ether oxygens (including phenoxy) is 9. The van der Waals surface area contributed by atoms with Crippen molar-refractivity contribution in [3.05, 3.63) is 0 Å². The maximum Gasteiger partial charge on any atom is 0.311 e. The van der Waals surface area contributed by atoms with E-state index in [9.17, 15) is 33.9 Å². The molecule has 16 nitrogen and oxygen atoms in total. The molecule has 17 atom stereocenters. The second kappa shape index (κ2) is 24.1. The van der Waals surface area contributed by atoms with Crippen molar-refractivity contribution >= 4 is 35.8 Å². The van der Waals surface area contributed by atoms with Crippen LogP contribution in [0.1, 0.15) is 116 Å². The first-order valence-corrected chi connectivity index (χ1v) is 21.3. The molecule has 0 unspecified atom stereocenters. The Morgan fingerprint density at radius 3 is 2.05 bits per heavy atom. The number of carbonyl (C=O) groups is 6. The molecule has 2 rings (SSSR count). The molecule has 0 saturated carbocycles. The molecule has 2 fully saturated rings. The van der Waals surface area contributed by atoms with Crippen LogP contribution in [0.15, 0.2) is 0 Å². The Morgan fingerprint density at radius 1 is 0.900 bits per heavy atom. The maximum atomic E-state index is 14.7. The fourth-order valence-electron chi connectivity index (χ4n) is 8.69. The highest BCUT2D eigenvalue weighted by Gasteiger charge is 2.50. The number of hydrogen-bond acceptors (Lipinski definition) is 16. The van der Waals surface area contributed by atoms with Gasteiger partial charge in [-0.15, -0.1) is 0 Å². The molecule has 0 aromatic rings. The van der Waals surface area contributed by atoms with Crippen molar-refractivity contribution in [2.24, 2.45) is 41.4 Å². The van der Waals surface area contributed by atoms with E-state index in [1.807, 2.05) is 27.7 Å². The zero-order valence-electron chi connectivity index (χ0n) is 38.5. The molecule has 0 amide bonds. The van der Waals surface area contributed by atoms with Crippen molar-refractivity contribution in [2.75, 3.05) is 20.8 Å². The lowest BCUT2D eigenvalue weighted by atomic mass is 9.75. The summed E-state index contributed by atoms with van der Waals surface area (Å²) < 4.78 is 54.1. The molecule has 0 aromatic carbocycles. The third-order valence-corrected chi connectivity index (χ3v) is 11.6. The van der Waals surface area contributed by atoms with Crippen molar-refractivity contribution in [3.63, 3.8) is 0 Å². The number of carbonyl (C=O) groups excluding carboxylic acids is 6. The SMILES string of the molecule is CO[C@@H]1[C@H](O)[C@@H](C)O[C@@H](OC[C@H](C)[C@H]2OC(=O)[C@H](C)[C@@H](O[C@@H](CC(C)=O)O[C@@H](C)C=O)[C@H](C)C[C@@H](C)C[C@](C)(OC(C)=O)C(=O)[C@H](C)[C@H](OC(=O)CC(C)C)[C@H]2C)[C@@H]1OC. The molecule has 0 radical (unpaired) electrons. The molecule has 2 heterocycles. The molecule has 0 spiro atoms. The van der Waals surface area contributed by atoms with E-state index < -0.39 is 120 Å². The van der Waals surface area contributed by atoms with E-state index >= 15 is 0 Å². The standard InChI is InChI=1S/C44H74O16/c1-22(2)16-33(48)57-38-28(8)37(25(5)21-54-43-40(53-15)39(52-14)35(49)31(11)56-43)59-42(51)30(10)36(58-34(18-26(6)46)55-27(7)20-45)24(4)17-23(3)19-44(13,60-32(12)47)41(50)29(38)9/h20,22-25,27-31,34-40,43,49H,16-19,21H2,1-15H3/t23-,24-,25+,27+,28+,29-,30-,31-,34+,35-,36+,37-,38-,39-,40-,43-,44+/m1/s1. The van der Waals surface area contributed by atoms with Crippen LogP contribution in [0, 0.1) is 41.4 Å². The molecular formula is C44H74O16. The smallest absolute Gasteiger partial charge is 0.311 e. The minimum atomic E-state index is -1.65. The van der Waals surface area contributed by atoms with Crippen LogP contribution in [0.4, 0.5) is 0 Å². The highest BCUT2D eigenvalue weighted by molar-refractivity contribution is 5.91. The van der Waals surface area contributed by atoms with Crippen LogP contribution < -0.4 is 0 Å². The first-order valence-electron chi connectivity index (χ1n) is 21.3. The van der Waals surface area contributed by atoms with E-state index in [0.29, 0.717) is 12.7 Å². The summed E-state index contributed by atoms with van der Waals surface area (Å²) in [5.41, 5.74) is -1.65. The second-order valence-corrected chi connectivity index (χ2v) is 17.9. The average Bonchev–Trinajstić information content (AvgIpc) is 3.15. The van der Waals surface area contributed by atoms with Crippen molar-refractivity contribution in [1.82, 2.24) is 0 Å². The number of rotatable bonds is 17. The van der Waals surface area contributed by atoms with E-state index in [0.717, 1.165) is 0 Å². The van der Waals surface area contributed by atoms with E-state index in [1.165, 1.54) is 35.0 Å². The molecule has 1 N–H and O–H groups in total. The lowest BCUT2D eigenvalue weighted by Crippen LogP contribution is -2.59. The third-order valence-electron chi connectivity index (χ3n) is 11.6. The Labute approximate surface area is 356 Å². The third kappa shape index (κ3) is 14.9. The summed E-state index contributed by atoms with van der Waals surface area (Å²) in [5.74, 6) is -6.96. The lowest BCUT2D eigenvalue weighted by Gasteiger charge is -2.43. The van der Waals surface area contributed by atoms with Gasteiger partial charge in [-0.1, -0.05) is 48.5 Å². The zero-order valence-corrected chi connectivity index (χ0v) is 38.5. The normalized spacial score (nSPS) is 36.3. The van der Waals surface area contributed by atoms with Crippen LogP contribution in [0.2, 0.25) is 0 Å². The number of Topliss-reactive ketones (excluding diaryl/α,β-unsaturated/α-hetero) is 2. The largest absolute Gasteiger partial charge is 0.461 e. The van der Waals surface area contributed by atoms with Crippen LogP contribution >= 0.6 is 0 Å². The van der Waals surface area contributed by atoms with Crippen LogP contribution in [-0.2, 0) is 71.4 Å². The summed E-state index contributed by atoms with van der Waals surface area (Å²) in [4.78, 5) is 79.3. The summed E-state index contributed by atoms with van der Waals surface area (Å²) in [6, 6.07) is 0. The number of aldehydes is 1. The van der Waals surface area contributed by atoms with Gasteiger partial charge in [0, 0.05) is 39.4 Å². The van der Waals surface area contributed by atoms with Crippen LogP contribution in [0.25, 0.3) is 0 Å². The van der Waals surface area contributed by atoms with Gasteiger partial charge < -0.3 is 52.5 Å². The van der Waals surface area contributed by atoms with Gasteiger partial charge in [-0.25, -0.2) is 0 Å². The zero-order chi connectivity index (χ0) is 45.8. The Balaban J connectivity index is 2.79. The Bertz CT molecular complexity index is 1420.